The van der Waals surface area contributed by atoms with E-state index in [-0.39, 0.29) is 0 Å². The Bertz CT molecular complexity index is 1810. The number of nitrogens with zero attached hydrogens (tertiary/aromatic N) is 5. The maximum Gasteiger partial charge on any atom is 0.490 e. The lowest BCUT2D eigenvalue weighted by atomic mass is 10.1. The largest absolute Gasteiger partial charge is 0.490 e. The lowest BCUT2D eigenvalue weighted by Gasteiger charge is -2.22. The third-order valence-corrected chi connectivity index (χ3v) is 7.34. The fraction of sp³-hybridized carbons (Fsp3) is 0.400. The molecule has 0 atom stereocenters. The van der Waals surface area contributed by atoms with Crippen LogP contribution in [0.5, 0.6) is 0 Å². The molecule has 1 aromatic carbocycles. The van der Waals surface area contributed by atoms with Crippen LogP contribution in [-0.4, -0.2) is 97.7 Å². The van der Waals surface area contributed by atoms with Gasteiger partial charge in [0.25, 0.3) is 0 Å². The highest BCUT2D eigenvalue weighted by atomic mass is 19.4. The van der Waals surface area contributed by atoms with Crippen LogP contribution in [0.4, 0.5) is 51.0 Å². The van der Waals surface area contributed by atoms with Crippen molar-refractivity contribution < 1.29 is 73.6 Å². The van der Waals surface area contributed by atoms with Crippen LogP contribution in [0.2, 0.25) is 0 Å². The van der Waals surface area contributed by atoms with E-state index in [0.29, 0.717) is 23.3 Å². The standard InChI is InChI=1S/C24H27N7O.3C2HF3O2/c25-23-20(24-29-21-12-19(3-4-22(21)32-24)30-9-1-2-10-30)11-16(13-27-23)17-14-28-31(15-17)18-5-7-26-8-6-18;3*3-2(4,5)1(6)7/h3-4,11-15,18,26H,1-2,5-10H2,(H2,25,27);3*(H,6,7). The second-order valence-electron chi connectivity index (χ2n) is 11.1. The summed E-state index contributed by atoms with van der Waals surface area (Å²) in [5, 5.41) is 29.4. The molecular formula is C30H30F9N7O7. The van der Waals surface area contributed by atoms with Gasteiger partial charge >= 0.3 is 36.4 Å². The predicted molar refractivity (Wildman–Crippen MR) is 167 cm³/mol. The highest BCUT2D eigenvalue weighted by Crippen LogP contribution is 2.33. The molecule has 23 heteroatoms. The number of nitrogens with one attached hydrogen (secondary N) is 1. The number of anilines is 2. The summed E-state index contributed by atoms with van der Waals surface area (Å²) in [5.74, 6) is -7.37. The second-order valence-corrected chi connectivity index (χ2v) is 11.1. The van der Waals surface area contributed by atoms with E-state index in [9.17, 15) is 39.5 Å². The van der Waals surface area contributed by atoms with Gasteiger partial charge < -0.3 is 35.7 Å². The van der Waals surface area contributed by atoms with Crippen molar-refractivity contribution in [2.75, 3.05) is 36.8 Å². The van der Waals surface area contributed by atoms with Gasteiger partial charge in [-0.05, 0) is 63.0 Å². The Kier molecular flexibility index (Phi) is 13.6. The quantitative estimate of drug-likeness (QED) is 0.157. The molecule has 4 aromatic rings. The molecule has 0 amide bonds. The average Bonchev–Trinajstić information content (AvgIpc) is 3.86. The van der Waals surface area contributed by atoms with Crippen molar-refractivity contribution in [2.45, 2.75) is 50.3 Å². The summed E-state index contributed by atoms with van der Waals surface area (Å²) >= 11 is 0. The van der Waals surface area contributed by atoms with Gasteiger partial charge in [0.1, 0.15) is 11.3 Å². The molecule has 14 nitrogen and oxygen atoms in total. The van der Waals surface area contributed by atoms with Gasteiger partial charge in [-0.25, -0.2) is 24.4 Å². The third-order valence-electron chi connectivity index (χ3n) is 7.34. The summed E-state index contributed by atoms with van der Waals surface area (Å²) in [4.78, 5) is 38.3. The number of hydrogen-bond donors (Lipinski definition) is 5. The molecule has 0 spiro atoms. The molecule has 3 aromatic heterocycles. The van der Waals surface area contributed by atoms with E-state index in [1.54, 1.807) is 6.20 Å². The molecule has 6 rings (SSSR count). The number of benzene rings is 1. The van der Waals surface area contributed by atoms with Crippen LogP contribution in [0.1, 0.15) is 31.7 Å². The van der Waals surface area contributed by atoms with Gasteiger partial charge in [-0.2, -0.15) is 44.6 Å². The highest BCUT2D eigenvalue weighted by Gasteiger charge is 2.39. The van der Waals surface area contributed by atoms with E-state index in [2.05, 4.69) is 43.3 Å². The summed E-state index contributed by atoms with van der Waals surface area (Å²) in [6, 6.07) is 8.64. The van der Waals surface area contributed by atoms with Crippen LogP contribution >= 0.6 is 0 Å². The number of rotatable bonds is 4. The SMILES string of the molecule is Nc1ncc(-c2cnn(C3CCNCC3)c2)cc1-c1nc2cc(N3CCCC3)ccc2o1.O=C(O)C(F)(F)F.O=C(O)C(F)(F)F.O=C(O)C(F)(F)F. The topological polar surface area (TPSA) is 210 Å². The number of halogens is 9. The molecular weight excluding hydrogens is 741 g/mol. The number of carboxylic acid groups (broad SMARTS) is 3. The predicted octanol–water partition coefficient (Wildman–Crippen LogP) is 5.76. The molecule has 6 N–H and O–H groups in total. The summed E-state index contributed by atoms with van der Waals surface area (Å²) in [6.45, 7) is 4.26. The van der Waals surface area contributed by atoms with Crippen molar-refractivity contribution in [1.82, 2.24) is 25.1 Å². The minimum atomic E-state index is -5.08. The van der Waals surface area contributed by atoms with Crippen LogP contribution in [0, 0.1) is 0 Å². The number of fused-ring (bicyclic) bond motifs is 1. The summed E-state index contributed by atoms with van der Waals surface area (Å²) in [7, 11) is 0. The first-order valence-corrected chi connectivity index (χ1v) is 15.1. The number of hydrogen-bond acceptors (Lipinski definition) is 10. The lowest BCUT2D eigenvalue weighted by molar-refractivity contribution is -0.193. The fourth-order valence-electron chi connectivity index (χ4n) is 4.77. The van der Waals surface area contributed by atoms with Crippen molar-refractivity contribution >= 4 is 40.5 Å². The normalized spacial score (nSPS) is 15.0. The molecule has 2 saturated heterocycles. The van der Waals surface area contributed by atoms with E-state index in [4.69, 9.17) is 44.8 Å². The van der Waals surface area contributed by atoms with Gasteiger partial charge in [-0.3, -0.25) is 4.68 Å². The maximum atomic E-state index is 10.6. The van der Waals surface area contributed by atoms with Crippen molar-refractivity contribution in [3.05, 3.63) is 42.9 Å². The smallest absolute Gasteiger partial charge is 0.475 e. The number of piperidine rings is 1. The first kappa shape index (κ1) is 41.8. The Balaban J connectivity index is 0.000000296. The van der Waals surface area contributed by atoms with Gasteiger partial charge in [-0.15, -0.1) is 0 Å². The molecule has 2 aliphatic heterocycles. The molecule has 0 aliphatic carbocycles. The molecule has 0 radical (unpaired) electrons. The van der Waals surface area contributed by atoms with Crippen molar-refractivity contribution in [3.8, 4) is 22.6 Å². The Labute approximate surface area is 292 Å². The molecule has 2 aliphatic rings. The van der Waals surface area contributed by atoms with E-state index in [1.165, 1.54) is 18.5 Å². The third kappa shape index (κ3) is 12.2. The summed E-state index contributed by atoms with van der Waals surface area (Å²) in [5.41, 5.74) is 11.7. The van der Waals surface area contributed by atoms with Gasteiger partial charge in [-0.1, -0.05) is 0 Å². The average molecular weight is 772 g/mol. The van der Waals surface area contributed by atoms with Crippen LogP contribution in [0.15, 0.2) is 47.3 Å². The number of oxazole rings is 1. The fourth-order valence-corrected chi connectivity index (χ4v) is 4.77. The van der Waals surface area contributed by atoms with Crippen molar-refractivity contribution in [3.63, 3.8) is 0 Å². The van der Waals surface area contributed by atoms with E-state index >= 15 is 0 Å². The van der Waals surface area contributed by atoms with E-state index in [1.807, 2.05) is 18.3 Å². The van der Waals surface area contributed by atoms with Gasteiger partial charge in [0.05, 0.1) is 17.8 Å². The van der Waals surface area contributed by atoms with Gasteiger partial charge in [0.2, 0.25) is 5.89 Å². The Hall–Kier alpha value is -5.61. The number of aliphatic carboxylic acids is 3. The van der Waals surface area contributed by atoms with Gasteiger partial charge in [0.15, 0.2) is 5.58 Å². The second kappa shape index (κ2) is 17.3. The van der Waals surface area contributed by atoms with Crippen molar-refractivity contribution in [1.29, 1.82) is 0 Å². The van der Waals surface area contributed by atoms with Crippen LogP contribution < -0.4 is 16.0 Å². The monoisotopic (exact) mass is 771 g/mol. The Morgan fingerprint density at radius 3 is 1.85 bits per heavy atom. The minimum Gasteiger partial charge on any atom is -0.475 e. The summed E-state index contributed by atoms with van der Waals surface area (Å²) in [6.07, 6.45) is -4.80. The van der Waals surface area contributed by atoms with Gasteiger partial charge in [0, 0.05) is 42.3 Å². The van der Waals surface area contributed by atoms with Crippen LogP contribution in [0.3, 0.4) is 0 Å². The first-order chi connectivity index (χ1) is 24.6. The Morgan fingerprint density at radius 1 is 0.811 bits per heavy atom. The molecule has 290 valence electrons. The number of pyridine rings is 1. The molecule has 0 saturated carbocycles. The lowest BCUT2D eigenvalue weighted by Crippen LogP contribution is -2.29. The first-order valence-electron chi connectivity index (χ1n) is 15.1. The maximum absolute atomic E-state index is 10.6. The number of alkyl halides is 9. The Morgan fingerprint density at radius 2 is 1.34 bits per heavy atom. The number of carboxylic acids is 3. The molecule has 0 unspecified atom stereocenters. The zero-order valence-electron chi connectivity index (χ0n) is 27.0. The van der Waals surface area contributed by atoms with Crippen molar-refractivity contribution in [2.24, 2.45) is 0 Å². The number of carbonyl (C=O) groups is 3. The zero-order valence-corrected chi connectivity index (χ0v) is 27.0. The van der Waals surface area contributed by atoms with E-state index < -0.39 is 36.4 Å². The number of aromatic nitrogens is 4. The molecule has 53 heavy (non-hydrogen) atoms. The number of nitrogen functional groups attached to an aromatic ring is 1. The molecule has 0 bridgehead atoms. The molecule has 5 heterocycles. The number of nitrogens with two attached hydrogens (primary N) is 1. The minimum absolute atomic E-state index is 0.408. The summed E-state index contributed by atoms with van der Waals surface area (Å²) < 4.78 is 103. The van der Waals surface area contributed by atoms with Crippen LogP contribution in [-0.2, 0) is 14.4 Å². The highest BCUT2D eigenvalue weighted by molar-refractivity contribution is 5.83. The van der Waals surface area contributed by atoms with E-state index in [0.717, 1.165) is 61.2 Å². The van der Waals surface area contributed by atoms with Crippen LogP contribution in [0.25, 0.3) is 33.7 Å². The zero-order chi connectivity index (χ0) is 39.7. The molecule has 2 fully saturated rings.